The van der Waals surface area contributed by atoms with Crippen molar-refractivity contribution in [3.8, 4) is 5.75 Å². The highest BCUT2D eigenvalue weighted by atomic mass is 16.5. The van der Waals surface area contributed by atoms with Crippen LogP contribution in [0, 0.1) is 0 Å². The van der Waals surface area contributed by atoms with E-state index in [0.29, 0.717) is 18.5 Å². The predicted octanol–water partition coefficient (Wildman–Crippen LogP) is 2.78. The molecular weight excluding hydrogens is 294 g/mol. The van der Waals surface area contributed by atoms with Gasteiger partial charge in [0, 0.05) is 11.6 Å². The van der Waals surface area contributed by atoms with Gasteiger partial charge in [0.1, 0.15) is 12.4 Å². The molecule has 0 bridgehead atoms. The molecule has 0 spiro atoms. The first-order chi connectivity index (χ1) is 11.1. The summed E-state index contributed by atoms with van der Waals surface area (Å²) in [5.74, 6) is -0.302. The van der Waals surface area contributed by atoms with Crippen LogP contribution in [0.3, 0.4) is 0 Å². The highest BCUT2D eigenvalue weighted by molar-refractivity contribution is 5.93. The number of pyridine rings is 1. The fraction of sp³-hybridized carbons (Fsp3) is 0.111. The highest BCUT2D eigenvalue weighted by Crippen LogP contribution is 2.13. The molecule has 0 amide bonds. The summed E-state index contributed by atoms with van der Waals surface area (Å²) in [6.07, 6.45) is 1.69. The summed E-state index contributed by atoms with van der Waals surface area (Å²) in [6.45, 7) is 0.745. The molecule has 3 rings (SSSR count). The molecule has 0 saturated heterocycles. The Hall–Kier alpha value is -3.08. The number of ether oxygens (including phenoxy) is 1. The van der Waals surface area contributed by atoms with Crippen LogP contribution in [0.15, 0.2) is 65.6 Å². The van der Waals surface area contributed by atoms with E-state index in [1.807, 2.05) is 30.3 Å². The van der Waals surface area contributed by atoms with Gasteiger partial charge in [0.2, 0.25) is 0 Å². The lowest BCUT2D eigenvalue weighted by atomic mass is 10.1. The molecule has 2 aromatic carbocycles. The van der Waals surface area contributed by atoms with Crippen LogP contribution >= 0.6 is 0 Å². The lowest BCUT2D eigenvalue weighted by Crippen LogP contribution is -2.22. The van der Waals surface area contributed by atoms with E-state index in [1.54, 1.807) is 18.3 Å². The molecule has 0 fully saturated rings. The van der Waals surface area contributed by atoms with Crippen molar-refractivity contribution in [2.45, 2.75) is 6.54 Å². The average molecular weight is 309 g/mol. The summed E-state index contributed by atoms with van der Waals surface area (Å²) < 4.78 is 7.11. The number of hydrogen-bond donors (Lipinski definition) is 1. The minimum absolute atomic E-state index is 0.105. The largest absolute Gasteiger partial charge is 0.492 e. The van der Waals surface area contributed by atoms with Crippen molar-refractivity contribution in [2.24, 2.45) is 0 Å². The van der Waals surface area contributed by atoms with Crippen molar-refractivity contribution >= 4 is 16.7 Å². The Labute approximate surface area is 132 Å². The van der Waals surface area contributed by atoms with Gasteiger partial charge < -0.3 is 14.4 Å². The van der Waals surface area contributed by atoms with Crippen LogP contribution in [-0.2, 0) is 6.54 Å². The molecule has 0 unspecified atom stereocenters. The van der Waals surface area contributed by atoms with Gasteiger partial charge in [-0.3, -0.25) is 4.79 Å². The van der Waals surface area contributed by atoms with Gasteiger partial charge in [-0.15, -0.1) is 0 Å². The van der Waals surface area contributed by atoms with Crippen LogP contribution in [0.25, 0.3) is 10.8 Å². The average Bonchev–Trinajstić information content (AvgIpc) is 2.57. The Kier molecular flexibility index (Phi) is 4.10. The van der Waals surface area contributed by atoms with Gasteiger partial charge in [0.25, 0.3) is 5.56 Å². The van der Waals surface area contributed by atoms with E-state index < -0.39 is 5.97 Å². The summed E-state index contributed by atoms with van der Waals surface area (Å²) >= 11 is 0. The van der Waals surface area contributed by atoms with Crippen LogP contribution < -0.4 is 10.3 Å². The van der Waals surface area contributed by atoms with E-state index in [4.69, 9.17) is 9.84 Å². The second-order valence-electron chi connectivity index (χ2n) is 5.08. The zero-order chi connectivity index (χ0) is 16.2. The predicted molar refractivity (Wildman–Crippen MR) is 87.1 cm³/mol. The standard InChI is InChI=1S/C18H15NO4/c20-17-16-12-14(18(21)22)7-6-13(16)8-9-19(17)10-11-23-15-4-2-1-3-5-15/h1-9,12H,10-11H2,(H,21,22). The molecule has 116 valence electrons. The molecule has 3 aromatic rings. The van der Waals surface area contributed by atoms with Crippen LogP contribution in [0.5, 0.6) is 5.75 Å². The van der Waals surface area contributed by atoms with Crippen LogP contribution in [0.2, 0.25) is 0 Å². The first kappa shape index (κ1) is 14.8. The first-order valence-electron chi connectivity index (χ1n) is 7.19. The van der Waals surface area contributed by atoms with Crippen molar-refractivity contribution in [1.82, 2.24) is 4.57 Å². The molecule has 23 heavy (non-hydrogen) atoms. The minimum atomic E-state index is -1.05. The topological polar surface area (TPSA) is 68.5 Å². The van der Waals surface area contributed by atoms with E-state index in [-0.39, 0.29) is 11.1 Å². The summed E-state index contributed by atoms with van der Waals surface area (Å²) in [4.78, 5) is 23.5. The van der Waals surface area contributed by atoms with Crippen LogP contribution in [-0.4, -0.2) is 22.2 Å². The monoisotopic (exact) mass is 309 g/mol. The number of benzene rings is 2. The third-order valence-corrected chi connectivity index (χ3v) is 3.57. The zero-order valence-corrected chi connectivity index (χ0v) is 12.3. The van der Waals surface area contributed by atoms with E-state index in [2.05, 4.69) is 0 Å². The number of hydrogen-bond acceptors (Lipinski definition) is 3. The summed E-state index contributed by atoms with van der Waals surface area (Å²) in [6, 6.07) is 15.7. The molecule has 0 atom stereocenters. The van der Waals surface area contributed by atoms with Crippen molar-refractivity contribution in [3.63, 3.8) is 0 Å². The summed E-state index contributed by atoms with van der Waals surface area (Å²) in [5.41, 5.74) is -0.116. The highest BCUT2D eigenvalue weighted by Gasteiger charge is 2.08. The van der Waals surface area contributed by atoms with Gasteiger partial charge in [0.15, 0.2) is 0 Å². The van der Waals surface area contributed by atoms with E-state index >= 15 is 0 Å². The minimum Gasteiger partial charge on any atom is -0.492 e. The molecule has 1 aromatic heterocycles. The summed E-state index contributed by atoms with van der Waals surface area (Å²) in [5, 5.41) is 10.2. The van der Waals surface area contributed by atoms with Gasteiger partial charge >= 0.3 is 5.97 Å². The Bertz CT molecular complexity index is 900. The van der Waals surface area contributed by atoms with Crippen molar-refractivity contribution < 1.29 is 14.6 Å². The zero-order valence-electron chi connectivity index (χ0n) is 12.3. The lowest BCUT2D eigenvalue weighted by Gasteiger charge is -2.09. The number of aromatic nitrogens is 1. The number of para-hydroxylation sites is 1. The molecular formula is C18H15NO4. The molecule has 0 aliphatic heterocycles. The number of fused-ring (bicyclic) bond motifs is 1. The van der Waals surface area contributed by atoms with Gasteiger partial charge in [-0.05, 0) is 35.7 Å². The number of carbonyl (C=O) groups is 1. The fourth-order valence-electron chi connectivity index (χ4n) is 2.37. The Morgan fingerprint density at radius 2 is 1.87 bits per heavy atom. The molecule has 1 heterocycles. The smallest absolute Gasteiger partial charge is 0.335 e. The van der Waals surface area contributed by atoms with E-state index in [0.717, 1.165) is 11.1 Å². The maximum atomic E-state index is 12.5. The molecule has 0 saturated carbocycles. The maximum Gasteiger partial charge on any atom is 0.335 e. The molecule has 5 nitrogen and oxygen atoms in total. The van der Waals surface area contributed by atoms with Crippen molar-refractivity contribution in [3.05, 3.63) is 76.7 Å². The van der Waals surface area contributed by atoms with Crippen LogP contribution in [0.4, 0.5) is 0 Å². The Morgan fingerprint density at radius 1 is 1.09 bits per heavy atom. The maximum absolute atomic E-state index is 12.5. The lowest BCUT2D eigenvalue weighted by molar-refractivity contribution is 0.0697. The second-order valence-corrected chi connectivity index (χ2v) is 5.08. The van der Waals surface area contributed by atoms with Crippen molar-refractivity contribution in [2.75, 3.05) is 6.61 Å². The second kappa shape index (κ2) is 6.36. The van der Waals surface area contributed by atoms with Gasteiger partial charge in [-0.25, -0.2) is 4.79 Å². The van der Waals surface area contributed by atoms with E-state index in [9.17, 15) is 9.59 Å². The number of aromatic carboxylic acids is 1. The number of rotatable bonds is 5. The van der Waals surface area contributed by atoms with Crippen molar-refractivity contribution in [1.29, 1.82) is 0 Å². The Morgan fingerprint density at radius 3 is 2.61 bits per heavy atom. The molecule has 5 heteroatoms. The molecule has 1 N–H and O–H groups in total. The number of carboxylic acids is 1. The SMILES string of the molecule is O=C(O)c1ccc2ccn(CCOc3ccccc3)c(=O)c2c1. The normalized spacial score (nSPS) is 10.6. The summed E-state index contributed by atoms with van der Waals surface area (Å²) in [7, 11) is 0. The van der Waals surface area contributed by atoms with Gasteiger partial charge in [-0.2, -0.15) is 0 Å². The van der Waals surface area contributed by atoms with E-state index in [1.165, 1.54) is 16.7 Å². The first-order valence-corrected chi connectivity index (χ1v) is 7.19. The number of carboxylic acid groups (broad SMARTS) is 1. The van der Waals surface area contributed by atoms with Crippen LogP contribution in [0.1, 0.15) is 10.4 Å². The van der Waals surface area contributed by atoms with Gasteiger partial charge in [-0.1, -0.05) is 24.3 Å². The third kappa shape index (κ3) is 3.23. The quantitative estimate of drug-likeness (QED) is 0.787. The number of nitrogens with zero attached hydrogens (tertiary/aromatic N) is 1. The van der Waals surface area contributed by atoms with Gasteiger partial charge in [0.05, 0.1) is 12.1 Å². The molecule has 0 aliphatic carbocycles. The fourth-order valence-corrected chi connectivity index (χ4v) is 2.37. The third-order valence-electron chi connectivity index (χ3n) is 3.57. The molecule has 0 aliphatic rings. The molecule has 0 radical (unpaired) electrons. The Balaban J connectivity index is 1.82.